The molecule has 1 amide bonds. The van der Waals surface area contributed by atoms with E-state index in [1.165, 1.54) is 6.33 Å². The Labute approximate surface area is 251 Å². The second-order valence-corrected chi connectivity index (χ2v) is 12.2. The molecule has 2 aromatic carbocycles. The predicted octanol–water partition coefficient (Wildman–Crippen LogP) is 6.66. The lowest BCUT2D eigenvalue weighted by molar-refractivity contribution is -0.152. The molecule has 226 valence electrons. The number of rotatable bonds is 8. The zero-order valence-electron chi connectivity index (χ0n) is 25.2. The molecule has 1 aliphatic rings. The summed E-state index contributed by atoms with van der Waals surface area (Å²) >= 11 is 0. The van der Waals surface area contributed by atoms with Crippen LogP contribution in [0.3, 0.4) is 0 Å². The van der Waals surface area contributed by atoms with Gasteiger partial charge in [0.25, 0.3) is 0 Å². The number of nitrogens with one attached hydrogen (secondary N) is 1. The molecule has 0 radical (unpaired) electrons. The quantitative estimate of drug-likeness (QED) is 0.220. The number of hydrogen-bond donors (Lipinski definition) is 2. The molecule has 2 heterocycles. The van der Waals surface area contributed by atoms with Crippen molar-refractivity contribution in [3.63, 3.8) is 0 Å². The van der Waals surface area contributed by atoms with E-state index in [1.807, 2.05) is 68.4 Å². The maximum atomic E-state index is 13.1. The van der Waals surface area contributed by atoms with Crippen LogP contribution < -0.4 is 15.8 Å². The molecule has 0 saturated heterocycles. The Morgan fingerprint density at radius 3 is 2.37 bits per heavy atom. The molecule has 1 saturated carbocycles. The number of alkyl carbamates (subject to hydrolysis) is 1. The van der Waals surface area contributed by atoms with Gasteiger partial charge in [0.1, 0.15) is 47.0 Å². The molecule has 43 heavy (non-hydrogen) atoms. The monoisotopic (exact) mass is 585 g/mol. The van der Waals surface area contributed by atoms with Crippen molar-refractivity contribution in [2.24, 2.45) is 5.92 Å². The third-order valence-corrected chi connectivity index (χ3v) is 7.41. The summed E-state index contributed by atoms with van der Waals surface area (Å²) in [5, 5.41) is 3.46. The normalized spacial score (nSPS) is 17.5. The van der Waals surface area contributed by atoms with Gasteiger partial charge >= 0.3 is 12.1 Å². The van der Waals surface area contributed by atoms with E-state index in [9.17, 15) is 9.59 Å². The predicted molar refractivity (Wildman–Crippen MR) is 165 cm³/mol. The van der Waals surface area contributed by atoms with Crippen molar-refractivity contribution in [2.75, 3.05) is 5.73 Å². The molecule has 1 aliphatic carbocycles. The summed E-state index contributed by atoms with van der Waals surface area (Å²) in [7, 11) is 0. The van der Waals surface area contributed by atoms with Crippen LogP contribution in [0.25, 0.3) is 22.2 Å². The van der Waals surface area contributed by atoms with Gasteiger partial charge in [-0.15, -0.1) is 0 Å². The molecule has 10 heteroatoms. The fourth-order valence-electron chi connectivity index (χ4n) is 5.38. The van der Waals surface area contributed by atoms with E-state index in [0.29, 0.717) is 18.7 Å². The Kier molecular flexibility index (Phi) is 8.57. The molecule has 0 bridgehead atoms. The first-order valence-electron chi connectivity index (χ1n) is 14.6. The van der Waals surface area contributed by atoms with Crippen molar-refractivity contribution in [3.8, 4) is 22.6 Å². The summed E-state index contributed by atoms with van der Waals surface area (Å²) in [5.41, 5.74) is 8.31. The summed E-state index contributed by atoms with van der Waals surface area (Å²) < 4.78 is 19.3. The second kappa shape index (κ2) is 12.3. The fraction of sp³-hybridized carbons (Fsp3) is 0.394. The van der Waals surface area contributed by atoms with Gasteiger partial charge < -0.3 is 29.8 Å². The largest absolute Gasteiger partial charge is 0.461 e. The number of amides is 1. The van der Waals surface area contributed by atoms with Crippen LogP contribution in [-0.2, 0) is 14.3 Å². The van der Waals surface area contributed by atoms with Gasteiger partial charge in [-0.25, -0.2) is 19.6 Å². The molecule has 0 aliphatic heterocycles. The Morgan fingerprint density at radius 1 is 1.00 bits per heavy atom. The Balaban J connectivity index is 1.32. The molecule has 2 unspecified atom stereocenters. The van der Waals surface area contributed by atoms with Crippen molar-refractivity contribution in [1.29, 1.82) is 0 Å². The SMILES string of the molecule is CC(C)[C@H](NC(=O)OC(C)(C)C)C(=O)OC1CCC(n2cc(-c3ccc(Oc4ccccc4)cc3)c3c(N)ncnc32)C1. The van der Waals surface area contributed by atoms with Crippen molar-refractivity contribution in [2.45, 2.75) is 77.7 Å². The lowest BCUT2D eigenvalue weighted by Gasteiger charge is -2.25. The number of nitrogen functional groups attached to an aromatic ring is 1. The molecular weight excluding hydrogens is 546 g/mol. The average Bonchev–Trinajstić information content (AvgIpc) is 3.57. The highest BCUT2D eigenvalue weighted by molar-refractivity contribution is 6.00. The van der Waals surface area contributed by atoms with Crippen molar-refractivity contribution >= 4 is 28.9 Å². The summed E-state index contributed by atoms with van der Waals surface area (Å²) in [5.74, 6) is 1.26. The van der Waals surface area contributed by atoms with Crippen molar-refractivity contribution in [1.82, 2.24) is 19.9 Å². The summed E-state index contributed by atoms with van der Waals surface area (Å²) in [6.07, 6.45) is 4.68. The fourth-order valence-corrected chi connectivity index (χ4v) is 5.38. The van der Waals surface area contributed by atoms with Crippen LogP contribution in [0.15, 0.2) is 67.1 Å². The van der Waals surface area contributed by atoms with E-state index in [4.69, 9.17) is 19.9 Å². The van der Waals surface area contributed by atoms with Gasteiger partial charge in [0, 0.05) is 24.2 Å². The van der Waals surface area contributed by atoms with Gasteiger partial charge in [-0.2, -0.15) is 0 Å². The number of carbonyl (C=O) groups is 2. The summed E-state index contributed by atoms with van der Waals surface area (Å²) in [6.45, 7) is 9.05. The van der Waals surface area contributed by atoms with Crippen molar-refractivity contribution in [3.05, 3.63) is 67.1 Å². The highest BCUT2D eigenvalue weighted by Gasteiger charge is 2.34. The average molecular weight is 586 g/mol. The topological polar surface area (TPSA) is 131 Å². The highest BCUT2D eigenvalue weighted by atomic mass is 16.6. The van der Waals surface area contributed by atoms with Gasteiger partial charge in [-0.05, 0) is 69.4 Å². The maximum absolute atomic E-state index is 13.1. The van der Waals surface area contributed by atoms with Crippen LogP contribution in [0.1, 0.15) is 59.9 Å². The zero-order chi connectivity index (χ0) is 30.7. The molecule has 2 aromatic heterocycles. The van der Waals surface area contributed by atoms with Crippen molar-refractivity contribution < 1.29 is 23.8 Å². The highest BCUT2D eigenvalue weighted by Crippen LogP contribution is 2.40. The standard InChI is InChI=1S/C33H39N5O5/c1-20(2)28(37-32(40)43-33(3,4)5)31(39)42-25-16-13-22(17-25)38-18-26(27-29(34)35-19-36-30(27)38)21-11-14-24(15-12-21)41-23-9-7-6-8-10-23/h6-12,14-15,18-20,22,25,28H,13,16-17H2,1-5H3,(H,37,40)(H2,34,35,36)/t22?,25?,28-/m0/s1. The van der Waals surface area contributed by atoms with E-state index < -0.39 is 23.7 Å². The van der Waals surface area contributed by atoms with Crippen LogP contribution in [0.5, 0.6) is 11.5 Å². The third-order valence-electron chi connectivity index (χ3n) is 7.41. The molecule has 1 fully saturated rings. The Morgan fingerprint density at radius 2 is 1.70 bits per heavy atom. The molecular formula is C33H39N5O5. The molecule has 3 atom stereocenters. The number of hydrogen-bond acceptors (Lipinski definition) is 8. The first kappa shape index (κ1) is 29.9. The Hall–Kier alpha value is -4.60. The number of ether oxygens (including phenoxy) is 3. The van der Waals surface area contributed by atoms with Gasteiger partial charge in [-0.1, -0.05) is 44.2 Å². The lowest BCUT2D eigenvalue weighted by atomic mass is 10.0. The first-order chi connectivity index (χ1) is 20.5. The van der Waals surface area contributed by atoms with E-state index >= 15 is 0 Å². The zero-order valence-corrected chi connectivity index (χ0v) is 25.2. The number of anilines is 1. The van der Waals surface area contributed by atoms with E-state index in [0.717, 1.165) is 40.1 Å². The van der Waals surface area contributed by atoms with Gasteiger partial charge in [0.15, 0.2) is 0 Å². The maximum Gasteiger partial charge on any atom is 0.408 e. The third kappa shape index (κ3) is 7.07. The number of para-hydroxylation sites is 1. The Bertz CT molecular complexity index is 1580. The van der Waals surface area contributed by atoms with Crippen LogP contribution >= 0.6 is 0 Å². The first-order valence-corrected chi connectivity index (χ1v) is 14.6. The van der Waals surface area contributed by atoms with E-state index in [2.05, 4.69) is 26.0 Å². The summed E-state index contributed by atoms with van der Waals surface area (Å²) in [4.78, 5) is 34.3. The molecule has 10 nitrogen and oxygen atoms in total. The number of benzene rings is 2. The van der Waals surface area contributed by atoms with E-state index in [-0.39, 0.29) is 18.1 Å². The van der Waals surface area contributed by atoms with Gasteiger partial charge in [-0.3, -0.25) is 0 Å². The van der Waals surface area contributed by atoms with Crippen LogP contribution in [-0.4, -0.2) is 44.3 Å². The lowest BCUT2D eigenvalue weighted by Crippen LogP contribution is -2.47. The molecule has 3 N–H and O–H groups in total. The molecule has 0 spiro atoms. The summed E-state index contributed by atoms with van der Waals surface area (Å²) in [6, 6.07) is 16.7. The molecule has 4 aromatic rings. The van der Waals surface area contributed by atoms with Crippen LogP contribution in [0.4, 0.5) is 10.6 Å². The number of aromatic nitrogens is 3. The second-order valence-electron chi connectivity index (χ2n) is 12.2. The van der Waals surface area contributed by atoms with E-state index in [1.54, 1.807) is 20.8 Å². The number of nitrogens with zero attached hydrogens (tertiary/aromatic N) is 3. The molecule has 5 rings (SSSR count). The van der Waals surface area contributed by atoms with Gasteiger partial charge in [0.05, 0.1) is 5.39 Å². The smallest absolute Gasteiger partial charge is 0.408 e. The minimum atomic E-state index is -0.811. The minimum Gasteiger partial charge on any atom is -0.461 e. The van der Waals surface area contributed by atoms with Crippen LogP contribution in [0.2, 0.25) is 0 Å². The van der Waals surface area contributed by atoms with Gasteiger partial charge in [0.2, 0.25) is 0 Å². The number of carbonyl (C=O) groups excluding carboxylic acids is 2. The number of esters is 1. The minimum absolute atomic E-state index is 0.0420. The number of fused-ring (bicyclic) bond motifs is 1. The van der Waals surface area contributed by atoms with Crippen LogP contribution in [0, 0.1) is 5.92 Å². The number of nitrogens with two attached hydrogens (primary N) is 1.